The molecule has 1 N–H and O–H groups in total. The molecule has 0 unspecified atom stereocenters. The first-order valence-electron chi connectivity index (χ1n) is 6.77. The molecule has 0 heterocycles. The van der Waals surface area contributed by atoms with Gasteiger partial charge in [-0.25, -0.2) is 12.7 Å². The number of rotatable bonds is 5. The minimum Gasteiger partial charge on any atom is -0.495 e. The van der Waals surface area contributed by atoms with Crippen LogP contribution in [0.15, 0.2) is 23.1 Å². The van der Waals surface area contributed by atoms with Crippen LogP contribution >= 0.6 is 0 Å². The smallest absolute Gasteiger partial charge is 0.242 e. The standard InChI is InChI=1S/C14H20N2O4S/c1-16(2)21(18,19)11-7-8-13(20-3)12(9-11)15-14(17)10-5-4-6-10/h7-10H,4-6H2,1-3H3,(H,15,17). The summed E-state index contributed by atoms with van der Waals surface area (Å²) in [7, 11) is 0.864. The van der Waals surface area contributed by atoms with Crippen molar-refractivity contribution < 1.29 is 17.9 Å². The van der Waals surface area contributed by atoms with Crippen LogP contribution < -0.4 is 10.1 Å². The number of hydrogen-bond donors (Lipinski definition) is 1. The largest absolute Gasteiger partial charge is 0.495 e. The van der Waals surface area contributed by atoms with Gasteiger partial charge in [-0.1, -0.05) is 6.42 Å². The third kappa shape index (κ3) is 3.19. The van der Waals surface area contributed by atoms with Gasteiger partial charge in [0.05, 0.1) is 17.7 Å². The molecule has 0 spiro atoms. The maximum atomic E-state index is 12.1. The lowest BCUT2D eigenvalue weighted by molar-refractivity contribution is -0.122. The van der Waals surface area contributed by atoms with E-state index >= 15 is 0 Å². The van der Waals surface area contributed by atoms with Gasteiger partial charge in [0.1, 0.15) is 5.75 Å². The lowest BCUT2D eigenvalue weighted by Gasteiger charge is -2.24. The lowest BCUT2D eigenvalue weighted by Crippen LogP contribution is -2.28. The molecule has 7 heteroatoms. The number of carbonyl (C=O) groups is 1. The molecule has 1 aliphatic carbocycles. The van der Waals surface area contributed by atoms with E-state index in [0.29, 0.717) is 11.4 Å². The zero-order valence-electron chi connectivity index (χ0n) is 12.4. The molecule has 2 rings (SSSR count). The zero-order valence-corrected chi connectivity index (χ0v) is 13.2. The van der Waals surface area contributed by atoms with E-state index in [2.05, 4.69) is 5.32 Å². The van der Waals surface area contributed by atoms with Crippen LogP contribution in [0.2, 0.25) is 0 Å². The van der Waals surface area contributed by atoms with Crippen molar-refractivity contribution in [3.63, 3.8) is 0 Å². The summed E-state index contributed by atoms with van der Waals surface area (Å²) in [5, 5.41) is 2.77. The summed E-state index contributed by atoms with van der Waals surface area (Å²) < 4.78 is 30.6. The van der Waals surface area contributed by atoms with Crippen LogP contribution in [0.4, 0.5) is 5.69 Å². The summed E-state index contributed by atoms with van der Waals surface area (Å²) in [6.45, 7) is 0. The van der Waals surface area contributed by atoms with Gasteiger partial charge in [0, 0.05) is 20.0 Å². The lowest BCUT2D eigenvalue weighted by atomic mass is 9.85. The maximum absolute atomic E-state index is 12.1. The van der Waals surface area contributed by atoms with Crippen LogP contribution in [0.3, 0.4) is 0 Å². The topological polar surface area (TPSA) is 75.7 Å². The van der Waals surface area contributed by atoms with Crippen molar-refractivity contribution in [3.8, 4) is 5.75 Å². The van der Waals surface area contributed by atoms with E-state index < -0.39 is 10.0 Å². The van der Waals surface area contributed by atoms with Crippen molar-refractivity contribution in [1.29, 1.82) is 0 Å². The number of amides is 1. The molecule has 0 aromatic heterocycles. The highest BCUT2D eigenvalue weighted by atomic mass is 32.2. The van der Waals surface area contributed by atoms with Crippen molar-refractivity contribution in [3.05, 3.63) is 18.2 Å². The Morgan fingerprint density at radius 1 is 1.33 bits per heavy atom. The Hall–Kier alpha value is -1.60. The van der Waals surface area contributed by atoms with Crippen molar-refractivity contribution >= 4 is 21.6 Å². The normalized spacial score (nSPS) is 15.6. The van der Waals surface area contributed by atoms with Crippen LogP contribution in [0.1, 0.15) is 19.3 Å². The van der Waals surface area contributed by atoms with Crippen molar-refractivity contribution in [2.24, 2.45) is 5.92 Å². The molecule has 1 amide bonds. The zero-order chi connectivity index (χ0) is 15.6. The number of benzene rings is 1. The fourth-order valence-electron chi connectivity index (χ4n) is 2.06. The average Bonchev–Trinajstić information content (AvgIpc) is 2.36. The highest BCUT2D eigenvalue weighted by Gasteiger charge is 2.26. The van der Waals surface area contributed by atoms with Gasteiger partial charge in [0.25, 0.3) is 0 Å². The molecule has 0 aliphatic heterocycles. The van der Waals surface area contributed by atoms with Gasteiger partial charge in [-0.15, -0.1) is 0 Å². The summed E-state index contributed by atoms with van der Waals surface area (Å²) in [4.78, 5) is 12.2. The predicted molar refractivity (Wildman–Crippen MR) is 79.8 cm³/mol. The molecule has 0 atom stereocenters. The van der Waals surface area contributed by atoms with E-state index in [-0.39, 0.29) is 16.7 Å². The van der Waals surface area contributed by atoms with E-state index in [1.54, 1.807) is 6.07 Å². The first-order valence-corrected chi connectivity index (χ1v) is 8.21. The highest BCUT2D eigenvalue weighted by molar-refractivity contribution is 7.89. The van der Waals surface area contributed by atoms with E-state index in [4.69, 9.17) is 4.74 Å². The molecule has 1 aromatic rings. The molecule has 6 nitrogen and oxygen atoms in total. The fourth-order valence-corrected chi connectivity index (χ4v) is 2.99. The molecule has 1 aliphatic rings. The van der Waals surface area contributed by atoms with Crippen molar-refractivity contribution in [2.45, 2.75) is 24.2 Å². The van der Waals surface area contributed by atoms with E-state index in [9.17, 15) is 13.2 Å². The number of methoxy groups -OCH3 is 1. The SMILES string of the molecule is COc1ccc(S(=O)(=O)N(C)C)cc1NC(=O)C1CCC1. The van der Waals surface area contributed by atoms with E-state index in [1.165, 1.54) is 33.3 Å². The predicted octanol–water partition coefficient (Wildman–Crippen LogP) is 1.68. The number of carbonyl (C=O) groups excluding carboxylic acids is 1. The summed E-state index contributed by atoms with van der Waals surface area (Å²) >= 11 is 0. The number of ether oxygens (including phenoxy) is 1. The molecular formula is C14H20N2O4S. The van der Waals surface area contributed by atoms with Crippen LogP contribution in [-0.2, 0) is 14.8 Å². The Kier molecular flexibility index (Phi) is 4.53. The fraction of sp³-hybridized carbons (Fsp3) is 0.500. The highest BCUT2D eigenvalue weighted by Crippen LogP contribution is 2.32. The van der Waals surface area contributed by atoms with Gasteiger partial charge in [-0.3, -0.25) is 4.79 Å². The van der Waals surface area contributed by atoms with Crippen molar-refractivity contribution in [2.75, 3.05) is 26.5 Å². The Morgan fingerprint density at radius 3 is 2.48 bits per heavy atom. The second kappa shape index (κ2) is 6.03. The van der Waals surface area contributed by atoms with Crippen LogP contribution in [0, 0.1) is 5.92 Å². The Bertz CT molecular complexity index is 636. The van der Waals surface area contributed by atoms with Crippen LogP contribution in [-0.4, -0.2) is 39.8 Å². The molecule has 0 radical (unpaired) electrons. The van der Waals surface area contributed by atoms with Gasteiger partial charge in [0.2, 0.25) is 15.9 Å². The van der Waals surface area contributed by atoms with Gasteiger partial charge in [-0.2, -0.15) is 0 Å². The molecule has 116 valence electrons. The average molecular weight is 312 g/mol. The first kappa shape index (κ1) is 15.8. The first-order chi connectivity index (χ1) is 9.86. The summed E-state index contributed by atoms with van der Waals surface area (Å²) in [6.07, 6.45) is 2.82. The quantitative estimate of drug-likeness (QED) is 0.897. The monoisotopic (exact) mass is 312 g/mol. The second-order valence-electron chi connectivity index (χ2n) is 5.27. The summed E-state index contributed by atoms with van der Waals surface area (Å²) in [6, 6.07) is 4.45. The Labute approximate surface area is 125 Å². The molecular weight excluding hydrogens is 292 g/mol. The third-order valence-electron chi connectivity index (χ3n) is 3.68. The summed E-state index contributed by atoms with van der Waals surface area (Å²) in [5.41, 5.74) is 0.386. The minimum absolute atomic E-state index is 0.0174. The Morgan fingerprint density at radius 2 is 2.00 bits per heavy atom. The number of anilines is 1. The maximum Gasteiger partial charge on any atom is 0.242 e. The molecule has 1 aromatic carbocycles. The summed E-state index contributed by atoms with van der Waals surface area (Å²) in [5.74, 6) is 0.378. The number of nitrogens with zero attached hydrogens (tertiary/aromatic N) is 1. The number of hydrogen-bond acceptors (Lipinski definition) is 4. The second-order valence-corrected chi connectivity index (χ2v) is 7.42. The minimum atomic E-state index is -3.55. The molecule has 0 saturated heterocycles. The van der Waals surface area contributed by atoms with E-state index in [0.717, 1.165) is 23.6 Å². The number of sulfonamides is 1. The van der Waals surface area contributed by atoms with Gasteiger partial charge in [-0.05, 0) is 31.0 Å². The van der Waals surface area contributed by atoms with Gasteiger partial charge in [0.15, 0.2) is 0 Å². The molecule has 1 saturated carbocycles. The third-order valence-corrected chi connectivity index (χ3v) is 5.49. The van der Waals surface area contributed by atoms with Crippen LogP contribution in [0.25, 0.3) is 0 Å². The molecule has 1 fully saturated rings. The van der Waals surface area contributed by atoms with Crippen molar-refractivity contribution in [1.82, 2.24) is 4.31 Å². The van der Waals surface area contributed by atoms with Gasteiger partial charge < -0.3 is 10.1 Å². The molecule has 0 bridgehead atoms. The molecule has 21 heavy (non-hydrogen) atoms. The van der Waals surface area contributed by atoms with E-state index in [1.807, 2.05) is 0 Å². The van der Waals surface area contributed by atoms with Gasteiger partial charge >= 0.3 is 0 Å². The number of nitrogens with one attached hydrogen (secondary N) is 1. The Balaban J connectivity index is 2.32. The van der Waals surface area contributed by atoms with Crippen LogP contribution in [0.5, 0.6) is 5.75 Å².